The number of hydrogen-bond acceptors (Lipinski definition) is 4. The van der Waals surface area contributed by atoms with Gasteiger partial charge in [0.1, 0.15) is 17.4 Å². The van der Waals surface area contributed by atoms with E-state index in [1.807, 2.05) is 36.3 Å². The molecule has 0 saturated carbocycles. The molecule has 2 aromatic rings. The van der Waals surface area contributed by atoms with Crippen molar-refractivity contribution in [1.82, 2.24) is 15.2 Å². The molecule has 5 nitrogen and oxygen atoms in total. The molecular formula is C19H26ClN3O2S. The predicted molar refractivity (Wildman–Crippen MR) is 107 cm³/mol. The van der Waals surface area contributed by atoms with Crippen LogP contribution in [0.1, 0.15) is 38.4 Å². The van der Waals surface area contributed by atoms with Crippen molar-refractivity contribution in [2.75, 3.05) is 6.54 Å². The van der Waals surface area contributed by atoms with Crippen LogP contribution in [-0.4, -0.2) is 28.5 Å². The molecule has 1 aromatic carbocycles. The Kier molecular flexibility index (Phi) is 7.72. The summed E-state index contributed by atoms with van der Waals surface area (Å²) in [6.07, 6.45) is 0. The Balaban J connectivity index is 1.95. The van der Waals surface area contributed by atoms with Gasteiger partial charge in [0.05, 0.1) is 12.2 Å². The van der Waals surface area contributed by atoms with Crippen molar-refractivity contribution < 1.29 is 9.53 Å². The first-order valence-corrected chi connectivity index (χ1v) is 9.96. The van der Waals surface area contributed by atoms with Gasteiger partial charge in [0.25, 0.3) is 0 Å². The Morgan fingerprint density at radius 1 is 1.27 bits per heavy atom. The number of hydrogen-bond donors (Lipinski definition) is 1. The number of carbonyl (C=O) groups excluding carboxylic acids is 1. The molecule has 1 heterocycles. The van der Waals surface area contributed by atoms with Crippen molar-refractivity contribution in [1.29, 1.82) is 0 Å². The van der Waals surface area contributed by atoms with Crippen molar-refractivity contribution >= 4 is 29.0 Å². The Morgan fingerprint density at radius 2 is 1.96 bits per heavy atom. The molecule has 0 atom stereocenters. The van der Waals surface area contributed by atoms with Crippen LogP contribution in [0.2, 0.25) is 5.02 Å². The molecule has 2 amide bonds. The molecular weight excluding hydrogens is 370 g/mol. The monoisotopic (exact) mass is 395 g/mol. The molecule has 142 valence electrons. The number of carbonyl (C=O) groups is 1. The average Bonchev–Trinajstić information content (AvgIpc) is 3.00. The lowest BCUT2D eigenvalue weighted by Crippen LogP contribution is -2.44. The number of halogens is 1. The van der Waals surface area contributed by atoms with E-state index in [9.17, 15) is 4.79 Å². The number of rotatable bonds is 8. The molecule has 0 aliphatic carbocycles. The van der Waals surface area contributed by atoms with E-state index in [-0.39, 0.29) is 12.1 Å². The van der Waals surface area contributed by atoms with Crippen LogP contribution in [0.4, 0.5) is 4.79 Å². The normalized spacial score (nSPS) is 11.0. The molecule has 0 unspecified atom stereocenters. The number of aromatic nitrogens is 1. The third-order valence-electron chi connectivity index (χ3n) is 3.41. The topological polar surface area (TPSA) is 54.5 Å². The fourth-order valence-corrected chi connectivity index (χ4v) is 3.18. The van der Waals surface area contributed by atoms with Gasteiger partial charge in [-0.1, -0.05) is 25.4 Å². The first-order valence-electron chi connectivity index (χ1n) is 8.70. The maximum absolute atomic E-state index is 12.4. The fourth-order valence-electron chi connectivity index (χ4n) is 2.36. The van der Waals surface area contributed by atoms with E-state index >= 15 is 0 Å². The molecule has 0 bridgehead atoms. The molecule has 0 aliphatic heterocycles. The molecule has 0 aliphatic rings. The van der Waals surface area contributed by atoms with Gasteiger partial charge in [0.15, 0.2) is 0 Å². The van der Waals surface area contributed by atoms with Crippen molar-refractivity contribution in [2.45, 2.75) is 46.9 Å². The summed E-state index contributed by atoms with van der Waals surface area (Å²) in [6.45, 7) is 9.70. The molecule has 1 N–H and O–H groups in total. The first kappa shape index (κ1) is 20.5. The van der Waals surface area contributed by atoms with Crippen LogP contribution in [0.15, 0.2) is 29.6 Å². The summed E-state index contributed by atoms with van der Waals surface area (Å²) in [6, 6.07) is 7.30. The molecule has 0 spiro atoms. The third-order valence-corrected chi connectivity index (χ3v) is 4.54. The molecule has 0 saturated heterocycles. The molecule has 0 radical (unpaired) electrons. The van der Waals surface area contributed by atoms with E-state index in [2.05, 4.69) is 24.1 Å². The Bertz CT molecular complexity index is 701. The number of thiazole rings is 1. The van der Waals surface area contributed by atoms with E-state index in [0.717, 1.165) is 16.5 Å². The van der Waals surface area contributed by atoms with Gasteiger partial charge in [0.2, 0.25) is 0 Å². The van der Waals surface area contributed by atoms with Crippen LogP contribution in [0.5, 0.6) is 5.75 Å². The lowest BCUT2D eigenvalue weighted by molar-refractivity contribution is 0.184. The van der Waals surface area contributed by atoms with Crippen LogP contribution in [0, 0.1) is 5.92 Å². The molecule has 26 heavy (non-hydrogen) atoms. The standard InChI is InChI=1S/C19H26ClN3O2S/c1-13(2)9-23(19(24)21-14(3)4)10-16-12-26-18(22-16)11-25-17-7-5-15(20)6-8-17/h5-8,12-14H,9-11H2,1-4H3,(H,21,24). The highest BCUT2D eigenvalue weighted by Crippen LogP contribution is 2.19. The van der Waals surface area contributed by atoms with E-state index in [1.54, 1.807) is 12.1 Å². The molecule has 7 heteroatoms. The lowest BCUT2D eigenvalue weighted by atomic mass is 10.2. The largest absolute Gasteiger partial charge is 0.486 e. The number of urea groups is 1. The van der Waals surface area contributed by atoms with Gasteiger partial charge in [0, 0.05) is 23.0 Å². The second kappa shape index (κ2) is 9.78. The second-order valence-corrected chi connectivity index (χ2v) is 8.23. The van der Waals surface area contributed by atoms with Crippen LogP contribution >= 0.6 is 22.9 Å². The molecule has 1 aromatic heterocycles. The highest BCUT2D eigenvalue weighted by atomic mass is 35.5. The van der Waals surface area contributed by atoms with Gasteiger partial charge >= 0.3 is 6.03 Å². The van der Waals surface area contributed by atoms with E-state index in [0.29, 0.717) is 30.6 Å². The number of nitrogens with one attached hydrogen (secondary N) is 1. The smallest absolute Gasteiger partial charge is 0.317 e. The van der Waals surface area contributed by atoms with E-state index in [4.69, 9.17) is 16.3 Å². The maximum Gasteiger partial charge on any atom is 0.317 e. The summed E-state index contributed by atoms with van der Waals surface area (Å²) in [5.41, 5.74) is 0.879. The van der Waals surface area contributed by atoms with Gasteiger partial charge in [-0.25, -0.2) is 9.78 Å². The lowest BCUT2D eigenvalue weighted by Gasteiger charge is -2.25. The van der Waals surface area contributed by atoms with Crippen LogP contribution in [-0.2, 0) is 13.2 Å². The van der Waals surface area contributed by atoms with Gasteiger partial charge in [-0.05, 0) is 44.0 Å². The summed E-state index contributed by atoms with van der Waals surface area (Å²) >= 11 is 7.41. The van der Waals surface area contributed by atoms with Crippen molar-refractivity contribution in [3.05, 3.63) is 45.4 Å². The second-order valence-electron chi connectivity index (χ2n) is 6.85. The Hall–Kier alpha value is -1.79. The molecule has 0 fully saturated rings. The quantitative estimate of drug-likeness (QED) is 0.687. The minimum Gasteiger partial charge on any atom is -0.486 e. The Morgan fingerprint density at radius 3 is 2.58 bits per heavy atom. The van der Waals surface area contributed by atoms with Crippen LogP contribution in [0.3, 0.4) is 0 Å². The number of nitrogens with zero attached hydrogens (tertiary/aromatic N) is 2. The molecule has 2 rings (SSSR count). The highest BCUT2D eigenvalue weighted by molar-refractivity contribution is 7.09. The summed E-state index contributed by atoms with van der Waals surface area (Å²) in [5, 5.41) is 6.49. The van der Waals surface area contributed by atoms with Crippen molar-refractivity contribution in [3.8, 4) is 5.75 Å². The van der Waals surface area contributed by atoms with E-state index in [1.165, 1.54) is 11.3 Å². The summed E-state index contributed by atoms with van der Waals surface area (Å²) in [7, 11) is 0. The first-order chi connectivity index (χ1) is 12.3. The minimum absolute atomic E-state index is 0.0549. The summed E-state index contributed by atoms with van der Waals surface area (Å²) < 4.78 is 5.73. The number of ether oxygens (including phenoxy) is 1. The zero-order valence-corrected chi connectivity index (χ0v) is 17.2. The predicted octanol–water partition coefficient (Wildman–Crippen LogP) is 4.95. The SMILES string of the molecule is CC(C)CN(Cc1csc(COc2ccc(Cl)cc2)n1)C(=O)NC(C)C. The highest BCUT2D eigenvalue weighted by Gasteiger charge is 2.17. The summed E-state index contributed by atoms with van der Waals surface area (Å²) in [4.78, 5) is 18.8. The van der Waals surface area contributed by atoms with Crippen molar-refractivity contribution in [2.24, 2.45) is 5.92 Å². The van der Waals surface area contributed by atoms with Gasteiger partial charge in [-0.3, -0.25) is 0 Å². The number of amides is 2. The van der Waals surface area contributed by atoms with E-state index < -0.39 is 0 Å². The van der Waals surface area contributed by atoms with Crippen LogP contribution in [0.25, 0.3) is 0 Å². The van der Waals surface area contributed by atoms with Gasteiger partial charge in [-0.15, -0.1) is 11.3 Å². The van der Waals surface area contributed by atoms with Crippen LogP contribution < -0.4 is 10.1 Å². The maximum atomic E-state index is 12.4. The zero-order valence-electron chi connectivity index (χ0n) is 15.7. The van der Waals surface area contributed by atoms with Crippen molar-refractivity contribution in [3.63, 3.8) is 0 Å². The summed E-state index contributed by atoms with van der Waals surface area (Å²) in [5.74, 6) is 1.14. The minimum atomic E-state index is -0.0549. The average molecular weight is 396 g/mol. The zero-order chi connectivity index (χ0) is 19.1. The van der Waals surface area contributed by atoms with Gasteiger partial charge in [-0.2, -0.15) is 0 Å². The fraction of sp³-hybridized carbons (Fsp3) is 0.474. The van der Waals surface area contributed by atoms with Gasteiger partial charge < -0.3 is 15.0 Å². The third kappa shape index (κ3) is 6.84. The number of benzene rings is 1. The Labute approximate surface area is 164 Å².